The molecule has 0 aliphatic carbocycles. The molecule has 110 valence electrons. The molecule has 0 aliphatic rings. The normalized spacial score (nSPS) is 8.60. The molecule has 1 rings (SSSR count). The van der Waals surface area contributed by atoms with Crippen LogP contribution in [0.15, 0.2) is 24.3 Å². The summed E-state index contributed by atoms with van der Waals surface area (Å²) in [5, 5.41) is 6.08. The van der Waals surface area contributed by atoms with E-state index in [4.69, 9.17) is 0 Å². The van der Waals surface area contributed by atoms with Gasteiger partial charge in [0.2, 0.25) is 0 Å². The maximum atomic E-state index is 11.8. The predicted octanol–water partition coefficient (Wildman–Crippen LogP) is 3.68. The molecule has 3 nitrogen and oxygen atoms in total. The van der Waals surface area contributed by atoms with Crippen molar-refractivity contribution in [3.05, 3.63) is 29.8 Å². The van der Waals surface area contributed by atoms with Crippen molar-refractivity contribution >= 4 is 11.6 Å². The molecule has 0 fully saturated rings. The lowest BCUT2D eigenvalue weighted by Gasteiger charge is -2.06. The van der Waals surface area contributed by atoms with Crippen LogP contribution >= 0.6 is 0 Å². The van der Waals surface area contributed by atoms with Gasteiger partial charge < -0.3 is 10.6 Å². The van der Waals surface area contributed by atoms with Gasteiger partial charge >= 0.3 is 0 Å². The van der Waals surface area contributed by atoms with Crippen LogP contribution in [0.5, 0.6) is 0 Å². The van der Waals surface area contributed by atoms with Gasteiger partial charge in [-0.2, -0.15) is 0 Å². The molecule has 1 aromatic carbocycles. The Morgan fingerprint density at radius 2 is 1.85 bits per heavy atom. The SMILES string of the molecule is CC.CC#CCCCNC(=O)c1ccc(NCC)cc1. The first-order valence-electron chi connectivity index (χ1n) is 7.29. The average Bonchev–Trinajstić information content (AvgIpc) is 2.50. The van der Waals surface area contributed by atoms with Crippen molar-refractivity contribution in [1.29, 1.82) is 0 Å². The first-order chi connectivity index (χ1) is 9.77. The summed E-state index contributed by atoms with van der Waals surface area (Å²) in [7, 11) is 0. The molecular formula is C17H26N2O. The van der Waals surface area contributed by atoms with Crippen LogP contribution in [0.2, 0.25) is 0 Å². The minimum absolute atomic E-state index is 0.0255. The second kappa shape index (κ2) is 12.1. The Balaban J connectivity index is 0.00000172. The fraction of sp³-hybridized carbons (Fsp3) is 0.471. The molecule has 1 aromatic rings. The van der Waals surface area contributed by atoms with Crippen molar-refractivity contribution in [2.75, 3.05) is 18.4 Å². The fourth-order valence-corrected chi connectivity index (χ4v) is 1.55. The molecule has 0 aromatic heterocycles. The van der Waals surface area contributed by atoms with E-state index in [1.54, 1.807) is 0 Å². The first kappa shape index (κ1) is 18.0. The van der Waals surface area contributed by atoms with E-state index in [2.05, 4.69) is 22.5 Å². The number of amides is 1. The number of hydrogen-bond donors (Lipinski definition) is 2. The Labute approximate surface area is 123 Å². The number of anilines is 1. The molecule has 0 saturated heterocycles. The van der Waals surface area contributed by atoms with E-state index in [1.165, 1.54) is 0 Å². The summed E-state index contributed by atoms with van der Waals surface area (Å²) in [6.45, 7) is 9.41. The largest absolute Gasteiger partial charge is 0.385 e. The third-order valence-electron chi connectivity index (χ3n) is 2.47. The zero-order chi connectivity index (χ0) is 15.2. The lowest BCUT2D eigenvalue weighted by molar-refractivity contribution is 0.0953. The maximum Gasteiger partial charge on any atom is 0.251 e. The second-order valence-electron chi connectivity index (χ2n) is 3.89. The number of nitrogens with one attached hydrogen (secondary N) is 2. The van der Waals surface area contributed by atoms with E-state index in [0.717, 1.165) is 25.1 Å². The van der Waals surface area contributed by atoms with Crippen LogP contribution in [0, 0.1) is 11.8 Å². The quantitative estimate of drug-likeness (QED) is 0.614. The van der Waals surface area contributed by atoms with E-state index < -0.39 is 0 Å². The van der Waals surface area contributed by atoms with Crippen LogP contribution in [-0.4, -0.2) is 19.0 Å². The van der Waals surface area contributed by atoms with Crippen molar-refractivity contribution in [3.63, 3.8) is 0 Å². The number of unbranched alkanes of at least 4 members (excludes halogenated alkanes) is 1. The zero-order valence-corrected chi connectivity index (χ0v) is 13.0. The summed E-state index contributed by atoms with van der Waals surface area (Å²) in [5.74, 6) is 5.78. The van der Waals surface area contributed by atoms with E-state index in [0.29, 0.717) is 12.1 Å². The number of carbonyl (C=O) groups excluding carboxylic acids is 1. The molecule has 0 spiro atoms. The van der Waals surface area contributed by atoms with Gasteiger partial charge in [0, 0.05) is 30.8 Å². The standard InChI is InChI=1S/C15H20N2O.C2H6/c1-3-5-6-7-12-17-15(18)13-8-10-14(11-9-13)16-4-2;1-2/h8-11,16H,4,6-7,12H2,1-2H3,(H,17,18);1-2H3. The lowest BCUT2D eigenvalue weighted by Crippen LogP contribution is -2.24. The summed E-state index contributed by atoms with van der Waals surface area (Å²) in [5.41, 5.74) is 1.73. The van der Waals surface area contributed by atoms with Gasteiger partial charge in [-0.05, 0) is 44.5 Å². The average molecular weight is 274 g/mol. The molecular weight excluding hydrogens is 248 g/mol. The van der Waals surface area contributed by atoms with E-state index in [-0.39, 0.29) is 5.91 Å². The third-order valence-corrected chi connectivity index (χ3v) is 2.47. The van der Waals surface area contributed by atoms with E-state index in [1.807, 2.05) is 52.0 Å². The van der Waals surface area contributed by atoms with Crippen molar-refractivity contribution in [1.82, 2.24) is 5.32 Å². The monoisotopic (exact) mass is 274 g/mol. The zero-order valence-electron chi connectivity index (χ0n) is 13.0. The van der Waals surface area contributed by atoms with Gasteiger partial charge in [0.15, 0.2) is 0 Å². The summed E-state index contributed by atoms with van der Waals surface area (Å²) in [6.07, 6.45) is 1.72. The minimum Gasteiger partial charge on any atom is -0.385 e. The van der Waals surface area contributed by atoms with Gasteiger partial charge in [0.25, 0.3) is 5.91 Å². The highest BCUT2D eigenvalue weighted by atomic mass is 16.1. The third kappa shape index (κ3) is 7.48. The molecule has 0 bridgehead atoms. The van der Waals surface area contributed by atoms with Crippen LogP contribution < -0.4 is 10.6 Å². The predicted molar refractivity (Wildman–Crippen MR) is 87.0 cm³/mol. The molecule has 0 saturated carbocycles. The highest BCUT2D eigenvalue weighted by molar-refractivity contribution is 5.94. The smallest absolute Gasteiger partial charge is 0.251 e. The second-order valence-corrected chi connectivity index (χ2v) is 3.89. The van der Waals surface area contributed by atoms with Crippen molar-refractivity contribution in [3.8, 4) is 11.8 Å². The van der Waals surface area contributed by atoms with Gasteiger partial charge in [0.1, 0.15) is 0 Å². The molecule has 0 atom stereocenters. The van der Waals surface area contributed by atoms with Crippen LogP contribution in [-0.2, 0) is 0 Å². The summed E-state index contributed by atoms with van der Waals surface area (Å²) >= 11 is 0. The summed E-state index contributed by atoms with van der Waals surface area (Å²) in [6, 6.07) is 7.50. The van der Waals surface area contributed by atoms with Crippen LogP contribution in [0.1, 0.15) is 50.9 Å². The highest BCUT2D eigenvalue weighted by Crippen LogP contribution is 2.08. The molecule has 2 N–H and O–H groups in total. The van der Waals surface area contributed by atoms with Crippen LogP contribution in [0.3, 0.4) is 0 Å². The summed E-state index contributed by atoms with van der Waals surface area (Å²) < 4.78 is 0. The number of benzene rings is 1. The molecule has 20 heavy (non-hydrogen) atoms. The number of hydrogen-bond acceptors (Lipinski definition) is 2. The molecule has 1 amide bonds. The Morgan fingerprint density at radius 1 is 1.20 bits per heavy atom. The lowest BCUT2D eigenvalue weighted by atomic mass is 10.2. The Hall–Kier alpha value is -1.95. The van der Waals surface area contributed by atoms with Gasteiger partial charge in [-0.25, -0.2) is 0 Å². The van der Waals surface area contributed by atoms with Crippen LogP contribution in [0.25, 0.3) is 0 Å². The topological polar surface area (TPSA) is 41.1 Å². The van der Waals surface area contributed by atoms with Gasteiger partial charge in [-0.1, -0.05) is 13.8 Å². The fourth-order valence-electron chi connectivity index (χ4n) is 1.55. The van der Waals surface area contributed by atoms with Gasteiger partial charge in [-0.3, -0.25) is 4.79 Å². The van der Waals surface area contributed by atoms with Crippen LogP contribution in [0.4, 0.5) is 5.69 Å². The minimum atomic E-state index is -0.0255. The Kier molecular flexibility index (Phi) is 10.9. The maximum absolute atomic E-state index is 11.8. The number of carbonyl (C=O) groups is 1. The molecule has 0 heterocycles. The van der Waals surface area contributed by atoms with E-state index in [9.17, 15) is 4.79 Å². The summed E-state index contributed by atoms with van der Waals surface area (Å²) in [4.78, 5) is 11.8. The molecule has 0 aliphatic heterocycles. The van der Waals surface area contributed by atoms with E-state index >= 15 is 0 Å². The molecule has 0 radical (unpaired) electrons. The van der Waals surface area contributed by atoms with Gasteiger partial charge in [0.05, 0.1) is 0 Å². The van der Waals surface area contributed by atoms with Gasteiger partial charge in [-0.15, -0.1) is 11.8 Å². The first-order valence-corrected chi connectivity index (χ1v) is 7.29. The molecule has 0 unspecified atom stereocenters. The van der Waals surface area contributed by atoms with Crippen molar-refractivity contribution in [2.24, 2.45) is 0 Å². The van der Waals surface area contributed by atoms with Crippen molar-refractivity contribution in [2.45, 2.75) is 40.5 Å². The molecule has 3 heteroatoms. The Morgan fingerprint density at radius 3 is 2.40 bits per heavy atom. The Bertz CT molecular complexity index is 427. The highest BCUT2D eigenvalue weighted by Gasteiger charge is 2.03. The number of rotatable bonds is 6. The van der Waals surface area contributed by atoms with Crippen molar-refractivity contribution < 1.29 is 4.79 Å².